The maximum atomic E-state index is 15.2. The maximum Gasteiger partial charge on any atom is 0.228 e. The molecule has 314 valence electrons. The van der Waals surface area contributed by atoms with E-state index in [4.69, 9.17) is 17.3 Å². The van der Waals surface area contributed by atoms with Crippen molar-refractivity contribution in [1.29, 1.82) is 0 Å². The summed E-state index contributed by atoms with van der Waals surface area (Å²) in [5.74, 6) is 2.32. The Kier molecular flexibility index (Phi) is 9.96. The summed E-state index contributed by atoms with van der Waals surface area (Å²) in [7, 11) is 2.06. The number of rotatable bonds is 11. The van der Waals surface area contributed by atoms with E-state index in [0.29, 0.717) is 36.0 Å². The molecule has 58 heavy (non-hydrogen) atoms. The number of halogens is 2. The number of nitrogens with one attached hydrogen (secondary N) is 2. The van der Waals surface area contributed by atoms with Gasteiger partial charge in [0, 0.05) is 31.1 Å². The van der Waals surface area contributed by atoms with Crippen molar-refractivity contribution in [3.63, 3.8) is 0 Å². The molecule has 2 amide bonds. The molecule has 12 rings (SSSR count). The Morgan fingerprint density at radius 1 is 0.793 bits per heavy atom. The Morgan fingerprint density at radius 3 is 2.22 bits per heavy atom. The number of alkyl halides is 2. The first-order valence-corrected chi connectivity index (χ1v) is 23.8. The SMILES string of the molecule is CN(C(=O)C12CC3C[C@](c4ccccc4)(C1)C[C@](CCF)(C2)C3c1ccc([C@]23CC4CC(C(=O)NC5CCC(N)CC5)(C[C@](CCCl)(C4)C2)C3)cc1)C1CCNCC1. The van der Waals surface area contributed by atoms with Crippen LogP contribution >= 0.6 is 11.6 Å². The van der Waals surface area contributed by atoms with Gasteiger partial charge in [0.25, 0.3) is 0 Å². The van der Waals surface area contributed by atoms with Gasteiger partial charge in [-0.15, -0.1) is 11.6 Å². The smallest absolute Gasteiger partial charge is 0.228 e. The van der Waals surface area contributed by atoms with Crippen LogP contribution in [-0.2, 0) is 20.4 Å². The van der Waals surface area contributed by atoms with E-state index in [9.17, 15) is 4.79 Å². The van der Waals surface area contributed by atoms with Gasteiger partial charge in [-0.3, -0.25) is 14.0 Å². The van der Waals surface area contributed by atoms with Crippen molar-refractivity contribution < 1.29 is 14.0 Å². The molecule has 10 fully saturated rings. The van der Waals surface area contributed by atoms with E-state index in [1.54, 1.807) is 0 Å². The summed E-state index contributed by atoms with van der Waals surface area (Å²) in [4.78, 5) is 31.7. The Bertz CT molecular complexity index is 1870. The fourth-order valence-electron chi connectivity index (χ4n) is 17.1. The molecule has 1 heterocycles. The van der Waals surface area contributed by atoms with Crippen molar-refractivity contribution in [3.05, 3.63) is 71.3 Å². The monoisotopic (exact) mass is 811 g/mol. The van der Waals surface area contributed by atoms with Gasteiger partial charge in [0.1, 0.15) is 0 Å². The Balaban J connectivity index is 0.979. The van der Waals surface area contributed by atoms with Gasteiger partial charge >= 0.3 is 0 Å². The molecule has 4 N–H and O–H groups in total. The standard InChI is InChI=1S/C50H68ClFN4O2/c1-56(41-15-21-54-22-16-41)44(58)50-27-36-26-48(33-50,37-5-3-2-4-6-37)30-46(31-50,18-20-52)42(36)35-7-9-38(10-8-35)47-24-34-23-45(28-47,17-19-51)29-49(25-34,32-47)43(57)55-40-13-11-39(53)12-14-40/h2-10,34,36,39-42,54H,11-33,53H2,1H3,(H,55,57)/t34?,36?,39?,40?,42?,45-,46-,47-,48-,49?,50?/m1/s1. The van der Waals surface area contributed by atoms with Crippen LogP contribution in [0.5, 0.6) is 0 Å². The molecule has 10 aliphatic rings. The second kappa shape index (κ2) is 14.6. The van der Waals surface area contributed by atoms with Crippen LogP contribution in [0.1, 0.15) is 145 Å². The van der Waals surface area contributed by atoms with E-state index in [1.165, 1.54) is 23.1 Å². The molecule has 0 spiro atoms. The zero-order valence-corrected chi connectivity index (χ0v) is 35.8. The number of piperidine rings is 1. The van der Waals surface area contributed by atoms with Gasteiger partial charge in [0.2, 0.25) is 11.8 Å². The molecule has 9 atom stereocenters. The van der Waals surface area contributed by atoms with Crippen LogP contribution in [0.2, 0.25) is 0 Å². The van der Waals surface area contributed by atoms with Crippen LogP contribution in [0.15, 0.2) is 54.6 Å². The average molecular weight is 812 g/mol. The van der Waals surface area contributed by atoms with Gasteiger partial charge in [-0.2, -0.15) is 0 Å². The number of hydrogen-bond donors (Lipinski definition) is 3. The normalized spacial score (nSPS) is 42.7. The molecule has 6 nitrogen and oxygen atoms in total. The molecule has 9 aliphatic carbocycles. The summed E-state index contributed by atoms with van der Waals surface area (Å²) in [5, 5.41) is 7.07. The molecule has 1 saturated heterocycles. The van der Waals surface area contributed by atoms with Crippen LogP contribution in [0.25, 0.3) is 0 Å². The fraction of sp³-hybridized carbons (Fsp3) is 0.720. The largest absolute Gasteiger partial charge is 0.353 e. The van der Waals surface area contributed by atoms with Crippen LogP contribution in [0.4, 0.5) is 4.39 Å². The molecular formula is C50H68ClFN4O2. The first-order chi connectivity index (χ1) is 28.0. The number of carbonyl (C=O) groups excluding carboxylic acids is 2. The van der Waals surface area contributed by atoms with E-state index < -0.39 is 5.41 Å². The van der Waals surface area contributed by atoms with E-state index >= 15 is 9.18 Å². The molecule has 2 aromatic carbocycles. The lowest BCUT2D eigenvalue weighted by atomic mass is 9.34. The van der Waals surface area contributed by atoms with Crippen molar-refractivity contribution in [1.82, 2.24) is 15.5 Å². The molecule has 9 saturated carbocycles. The molecule has 0 aromatic heterocycles. The molecule has 0 radical (unpaired) electrons. The quantitative estimate of drug-likeness (QED) is 0.198. The number of hydrogen-bond acceptors (Lipinski definition) is 4. The van der Waals surface area contributed by atoms with Gasteiger partial charge in [-0.25, -0.2) is 0 Å². The highest BCUT2D eigenvalue weighted by Gasteiger charge is 2.70. The molecular weight excluding hydrogens is 743 g/mol. The highest BCUT2D eigenvalue weighted by molar-refractivity contribution is 6.17. The third kappa shape index (κ3) is 6.35. The van der Waals surface area contributed by atoms with Crippen LogP contribution < -0.4 is 16.4 Å². The van der Waals surface area contributed by atoms with Crippen LogP contribution in [0.3, 0.4) is 0 Å². The highest BCUT2D eigenvalue weighted by Crippen LogP contribution is 2.76. The predicted octanol–water partition coefficient (Wildman–Crippen LogP) is 9.08. The minimum atomic E-state index is -0.462. The Labute approximate surface area is 351 Å². The summed E-state index contributed by atoms with van der Waals surface area (Å²) in [6.45, 7) is 1.55. The number of nitrogens with two attached hydrogens (primary N) is 1. The number of nitrogens with zero attached hydrogens (tertiary/aromatic N) is 1. The zero-order valence-electron chi connectivity index (χ0n) is 35.0. The van der Waals surface area contributed by atoms with E-state index in [0.717, 1.165) is 122 Å². The second-order valence-corrected chi connectivity index (χ2v) is 22.4. The Morgan fingerprint density at radius 2 is 1.50 bits per heavy atom. The first kappa shape index (κ1) is 39.6. The second-order valence-electron chi connectivity index (χ2n) is 22.0. The highest BCUT2D eigenvalue weighted by atomic mass is 35.5. The van der Waals surface area contributed by atoms with Crippen LogP contribution in [0, 0.1) is 33.5 Å². The number of amides is 2. The first-order valence-electron chi connectivity index (χ1n) is 23.3. The third-order valence-corrected chi connectivity index (χ3v) is 18.6. The lowest BCUT2D eigenvalue weighted by Gasteiger charge is -2.70. The minimum Gasteiger partial charge on any atom is -0.353 e. The van der Waals surface area contributed by atoms with Crippen molar-refractivity contribution in [2.75, 3.05) is 32.7 Å². The topological polar surface area (TPSA) is 87.5 Å². The van der Waals surface area contributed by atoms with E-state index in [-0.39, 0.29) is 57.8 Å². The summed E-state index contributed by atoms with van der Waals surface area (Å²) < 4.78 is 15.2. The van der Waals surface area contributed by atoms with Gasteiger partial charge in [0.15, 0.2) is 0 Å². The van der Waals surface area contributed by atoms with Crippen molar-refractivity contribution >= 4 is 23.4 Å². The number of carbonyl (C=O) groups is 2. The van der Waals surface area contributed by atoms with Crippen molar-refractivity contribution in [2.24, 2.45) is 39.2 Å². The summed E-state index contributed by atoms with van der Waals surface area (Å²) in [6, 6.07) is 21.4. The molecule has 1 aliphatic heterocycles. The van der Waals surface area contributed by atoms with Gasteiger partial charge < -0.3 is 21.3 Å². The van der Waals surface area contributed by atoms with Crippen LogP contribution in [-0.4, -0.2) is 67.5 Å². The Hall–Kier alpha value is -2.48. The molecule has 5 unspecified atom stereocenters. The third-order valence-electron chi connectivity index (χ3n) is 18.4. The van der Waals surface area contributed by atoms with Crippen molar-refractivity contribution in [3.8, 4) is 0 Å². The van der Waals surface area contributed by atoms with Crippen molar-refractivity contribution in [2.45, 2.75) is 157 Å². The van der Waals surface area contributed by atoms with Gasteiger partial charge in [-0.1, -0.05) is 54.6 Å². The lowest BCUT2D eigenvalue weighted by Crippen LogP contribution is -2.66. The summed E-state index contributed by atoms with van der Waals surface area (Å²) in [5.41, 5.74) is 9.17. The molecule has 2 aromatic rings. The zero-order chi connectivity index (χ0) is 40.0. The lowest BCUT2D eigenvalue weighted by molar-refractivity contribution is -0.181. The van der Waals surface area contributed by atoms with Gasteiger partial charge in [0.05, 0.1) is 17.5 Å². The molecule has 8 bridgehead atoms. The fourth-order valence-corrected chi connectivity index (χ4v) is 17.5. The average Bonchev–Trinajstić information content (AvgIpc) is 3.21. The van der Waals surface area contributed by atoms with E-state index in [1.807, 2.05) is 0 Å². The maximum absolute atomic E-state index is 15.2. The minimum absolute atomic E-state index is 0.0377. The number of benzene rings is 2. The van der Waals surface area contributed by atoms with E-state index in [2.05, 4.69) is 77.2 Å². The summed E-state index contributed by atoms with van der Waals surface area (Å²) in [6.07, 6.45) is 18.3. The van der Waals surface area contributed by atoms with Gasteiger partial charge in [-0.05, 0) is 191 Å². The summed E-state index contributed by atoms with van der Waals surface area (Å²) >= 11 is 6.60. The predicted molar refractivity (Wildman–Crippen MR) is 229 cm³/mol. The molecule has 8 heteroatoms.